The molecule has 0 fully saturated rings. The Morgan fingerprint density at radius 3 is 2.72 bits per heavy atom. The van der Waals surface area contributed by atoms with E-state index in [2.05, 4.69) is 28.9 Å². The number of nitrogen functional groups attached to an aromatic ring is 1. The van der Waals surface area contributed by atoms with E-state index in [1.165, 1.54) is 0 Å². The Bertz CT molecular complexity index is 530. The van der Waals surface area contributed by atoms with Crippen LogP contribution >= 0.6 is 0 Å². The minimum Gasteiger partial charge on any atom is -0.384 e. The van der Waals surface area contributed by atoms with Gasteiger partial charge in [0.15, 0.2) is 0 Å². The van der Waals surface area contributed by atoms with Crippen molar-refractivity contribution in [2.45, 2.75) is 26.7 Å². The predicted octanol–water partition coefficient (Wildman–Crippen LogP) is 2.05. The van der Waals surface area contributed by atoms with Gasteiger partial charge in [-0.25, -0.2) is 9.97 Å². The number of aromatic nitrogens is 4. The highest BCUT2D eigenvalue weighted by Gasteiger charge is 2.07. The summed E-state index contributed by atoms with van der Waals surface area (Å²) in [5.74, 6) is 1.96. The molecule has 0 bridgehead atoms. The van der Waals surface area contributed by atoms with Crippen LogP contribution in [-0.2, 0) is 13.5 Å². The van der Waals surface area contributed by atoms with Crippen molar-refractivity contribution in [2.75, 3.05) is 5.73 Å². The monoisotopic (exact) mass is 245 g/mol. The van der Waals surface area contributed by atoms with Crippen LogP contribution in [0.15, 0.2) is 18.5 Å². The Morgan fingerprint density at radius 1 is 1.33 bits per heavy atom. The quantitative estimate of drug-likeness (QED) is 0.895. The summed E-state index contributed by atoms with van der Waals surface area (Å²) in [6.07, 6.45) is 5.63. The molecule has 0 unspecified atom stereocenters. The first kappa shape index (κ1) is 12.5. The molecule has 5 heteroatoms. The fourth-order valence-electron chi connectivity index (χ4n) is 1.75. The molecule has 0 aliphatic heterocycles. The Kier molecular flexibility index (Phi) is 3.60. The smallest absolute Gasteiger partial charge is 0.131 e. The summed E-state index contributed by atoms with van der Waals surface area (Å²) in [5, 5.41) is 4.14. The van der Waals surface area contributed by atoms with Gasteiger partial charge < -0.3 is 5.73 Å². The van der Waals surface area contributed by atoms with Gasteiger partial charge in [0.1, 0.15) is 11.6 Å². The fourth-order valence-corrected chi connectivity index (χ4v) is 1.75. The van der Waals surface area contributed by atoms with Gasteiger partial charge in [0, 0.05) is 31.3 Å². The zero-order chi connectivity index (χ0) is 13.1. The van der Waals surface area contributed by atoms with E-state index in [1.807, 2.05) is 13.2 Å². The molecule has 2 rings (SSSR count). The van der Waals surface area contributed by atoms with Crippen LogP contribution in [0.1, 0.15) is 26.1 Å². The van der Waals surface area contributed by atoms with E-state index in [-0.39, 0.29) is 0 Å². The van der Waals surface area contributed by atoms with Gasteiger partial charge in [0.25, 0.3) is 0 Å². The molecule has 0 atom stereocenters. The van der Waals surface area contributed by atoms with E-state index in [9.17, 15) is 0 Å². The molecule has 0 radical (unpaired) electrons. The van der Waals surface area contributed by atoms with Gasteiger partial charge in [-0.15, -0.1) is 0 Å². The number of rotatable bonds is 4. The molecular weight excluding hydrogens is 226 g/mol. The number of anilines is 1. The maximum absolute atomic E-state index is 5.83. The normalized spacial score (nSPS) is 11.1. The molecular formula is C13H19N5. The van der Waals surface area contributed by atoms with Crippen LogP contribution in [0, 0.1) is 5.92 Å². The van der Waals surface area contributed by atoms with Gasteiger partial charge in [-0.05, 0) is 12.3 Å². The van der Waals surface area contributed by atoms with Crippen molar-refractivity contribution in [3.05, 3.63) is 24.3 Å². The molecule has 0 aromatic carbocycles. The summed E-state index contributed by atoms with van der Waals surface area (Å²) in [7, 11) is 1.88. The summed E-state index contributed by atoms with van der Waals surface area (Å²) in [4.78, 5) is 8.82. The van der Waals surface area contributed by atoms with Crippen molar-refractivity contribution in [1.29, 1.82) is 0 Å². The first-order chi connectivity index (χ1) is 8.54. The van der Waals surface area contributed by atoms with Crippen LogP contribution in [0.4, 0.5) is 5.82 Å². The van der Waals surface area contributed by atoms with Crippen LogP contribution in [0.2, 0.25) is 0 Å². The van der Waals surface area contributed by atoms with Crippen LogP contribution in [-0.4, -0.2) is 19.7 Å². The second-order valence-corrected chi connectivity index (χ2v) is 4.93. The molecule has 0 amide bonds. The topological polar surface area (TPSA) is 69.6 Å². The van der Waals surface area contributed by atoms with E-state index < -0.39 is 0 Å². The molecule has 0 aliphatic carbocycles. The van der Waals surface area contributed by atoms with E-state index in [0.29, 0.717) is 11.7 Å². The highest BCUT2D eigenvalue weighted by atomic mass is 15.2. The number of nitrogens with two attached hydrogens (primary N) is 1. The van der Waals surface area contributed by atoms with Crippen LogP contribution < -0.4 is 5.73 Å². The first-order valence-corrected chi connectivity index (χ1v) is 6.17. The molecule has 2 N–H and O–H groups in total. The summed E-state index contributed by atoms with van der Waals surface area (Å²) < 4.78 is 1.75. The van der Waals surface area contributed by atoms with Gasteiger partial charge in [-0.2, -0.15) is 5.10 Å². The van der Waals surface area contributed by atoms with Crippen LogP contribution in [0.5, 0.6) is 0 Å². The second-order valence-electron chi connectivity index (χ2n) is 4.93. The average Bonchev–Trinajstić information content (AvgIpc) is 2.72. The van der Waals surface area contributed by atoms with E-state index >= 15 is 0 Å². The molecule has 0 saturated heterocycles. The van der Waals surface area contributed by atoms with Crippen LogP contribution in [0.25, 0.3) is 11.3 Å². The summed E-state index contributed by atoms with van der Waals surface area (Å²) in [6.45, 7) is 4.38. The Labute approximate surface area is 107 Å². The Morgan fingerprint density at radius 2 is 2.11 bits per heavy atom. The Balaban J connectivity index is 2.26. The summed E-state index contributed by atoms with van der Waals surface area (Å²) >= 11 is 0. The van der Waals surface area contributed by atoms with Gasteiger partial charge in [0.05, 0.1) is 11.9 Å². The molecule has 5 nitrogen and oxygen atoms in total. The second kappa shape index (κ2) is 5.16. The SMILES string of the molecule is CC(C)CCc1nc(N)cc(-c2cnn(C)c2)n1. The molecule has 2 heterocycles. The third-order valence-electron chi connectivity index (χ3n) is 2.74. The number of aryl methyl sites for hydroxylation is 2. The van der Waals surface area contributed by atoms with Crippen molar-refractivity contribution in [1.82, 2.24) is 19.7 Å². The summed E-state index contributed by atoms with van der Waals surface area (Å²) in [6, 6.07) is 1.79. The minimum absolute atomic E-state index is 0.516. The maximum atomic E-state index is 5.83. The molecule has 2 aromatic heterocycles. The average molecular weight is 245 g/mol. The molecule has 96 valence electrons. The van der Waals surface area contributed by atoms with Gasteiger partial charge in [-0.1, -0.05) is 13.8 Å². The highest BCUT2D eigenvalue weighted by molar-refractivity contribution is 5.60. The maximum Gasteiger partial charge on any atom is 0.131 e. The van der Waals surface area contributed by atoms with Gasteiger partial charge in [-0.3, -0.25) is 4.68 Å². The fraction of sp³-hybridized carbons (Fsp3) is 0.462. The molecule has 18 heavy (non-hydrogen) atoms. The third kappa shape index (κ3) is 3.06. The number of nitrogens with zero attached hydrogens (tertiary/aromatic N) is 4. The molecule has 0 saturated carbocycles. The number of hydrogen-bond donors (Lipinski definition) is 1. The van der Waals surface area contributed by atoms with Gasteiger partial charge in [0.2, 0.25) is 0 Å². The largest absolute Gasteiger partial charge is 0.384 e. The van der Waals surface area contributed by atoms with Crippen molar-refractivity contribution in [3.8, 4) is 11.3 Å². The first-order valence-electron chi connectivity index (χ1n) is 6.17. The van der Waals surface area contributed by atoms with Crippen molar-refractivity contribution in [3.63, 3.8) is 0 Å². The molecule has 2 aromatic rings. The zero-order valence-electron chi connectivity index (χ0n) is 11.1. The minimum atomic E-state index is 0.516. The van der Waals surface area contributed by atoms with Crippen molar-refractivity contribution in [2.24, 2.45) is 13.0 Å². The van der Waals surface area contributed by atoms with E-state index in [1.54, 1.807) is 16.9 Å². The van der Waals surface area contributed by atoms with Crippen molar-refractivity contribution >= 4 is 5.82 Å². The molecule has 0 aliphatic rings. The summed E-state index contributed by atoms with van der Waals surface area (Å²) in [5.41, 5.74) is 7.64. The number of hydrogen-bond acceptors (Lipinski definition) is 4. The lowest BCUT2D eigenvalue weighted by Gasteiger charge is -2.06. The van der Waals surface area contributed by atoms with Gasteiger partial charge >= 0.3 is 0 Å². The lowest BCUT2D eigenvalue weighted by atomic mass is 10.1. The standard InChI is InChI=1S/C13H19N5/c1-9(2)4-5-13-16-11(6-12(14)17-13)10-7-15-18(3)8-10/h6-9H,4-5H2,1-3H3,(H2,14,16,17). The van der Waals surface area contributed by atoms with E-state index in [0.717, 1.165) is 29.9 Å². The lowest BCUT2D eigenvalue weighted by molar-refractivity contribution is 0.575. The zero-order valence-corrected chi connectivity index (χ0v) is 11.1. The highest BCUT2D eigenvalue weighted by Crippen LogP contribution is 2.18. The lowest BCUT2D eigenvalue weighted by Crippen LogP contribution is -2.03. The molecule has 0 spiro atoms. The van der Waals surface area contributed by atoms with Crippen molar-refractivity contribution < 1.29 is 0 Å². The predicted molar refractivity (Wildman–Crippen MR) is 71.8 cm³/mol. The Hall–Kier alpha value is -1.91. The van der Waals surface area contributed by atoms with E-state index in [4.69, 9.17) is 5.73 Å². The third-order valence-corrected chi connectivity index (χ3v) is 2.74. The van der Waals surface area contributed by atoms with Crippen LogP contribution in [0.3, 0.4) is 0 Å².